The Morgan fingerprint density at radius 2 is 1.97 bits per heavy atom. The molecule has 1 heterocycles. The highest BCUT2D eigenvalue weighted by Crippen LogP contribution is 2.57. The number of rotatable bonds is 5. The zero-order chi connectivity index (χ0) is 20.7. The molecule has 4 aliphatic rings. The maximum absolute atomic E-state index is 13.2. The Morgan fingerprint density at radius 3 is 2.63 bits per heavy atom. The first-order chi connectivity index (χ1) is 14.5. The SMILES string of the molecule is C=C1[C@@H]2CC[C@@]1(C)[C@@H](NC(=O)C1=NN(CC3CCCCC3)C(c3ccccc3)C1)C2. The Kier molecular flexibility index (Phi) is 5.20. The molecule has 1 aliphatic heterocycles. The van der Waals surface area contributed by atoms with Crippen molar-refractivity contribution >= 4 is 11.6 Å². The van der Waals surface area contributed by atoms with Crippen LogP contribution in [0.4, 0.5) is 0 Å². The summed E-state index contributed by atoms with van der Waals surface area (Å²) in [6.45, 7) is 7.60. The molecular weight excluding hydrogens is 370 g/mol. The Balaban J connectivity index is 1.32. The van der Waals surface area contributed by atoms with E-state index in [1.807, 2.05) is 0 Å². The molecule has 0 aromatic heterocycles. The molecule has 3 fully saturated rings. The molecule has 0 radical (unpaired) electrons. The standard InChI is InChI=1S/C26H35N3O/c1-18-21-13-14-26(18,2)24(15-21)27-25(30)22-16-23(20-11-7-4-8-12-20)29(28-22)17-19-9-5-3-6-10-19/h4,7-8,11-12,19,21,23-24H,1,3,5-6,9-10,13-17H2,2H3,(H,27,30)/t21-,23?,24+,26-/m1/s1. The largest absolute Gasteiger partial charge is 0.347 e. The molecule has 1 aromatic carbocycles. The van der Waals surface area contributed by atoms with Crippen LogP contribution in [0, 0.1) is 17.3 Å². The first kappa shape index (κ1) is 19.8. The lowest BCUT2D eigenvalue weighted by Gasteiger charge is -2.32. The monoisotopic (exact) mass is 405 g/mol. The van der Waals surface area contributed by atoms with Crippen LogP contribution in [0.2, 0.25) is 0 Å². The van der Waals surface area contributed by atoms with Gasteiger partial charge in [-0.25, -0.2) is 0 Å². The second kappa shape index (κ2) is 7.86. The lowest BCUT2D eigenvalue weighted by Crippen LogP contribution is -2.46. The van der Waals surface area contributed by atoms with E-state index in [0.29, 0.717) is 24.0 Å². The highest BCUT2D eigenvalue weighted by Gasteiger charge is 2.52. The lowest BCUT2D eigenvalue weighted by atomic mass is 9.80. The van der Waals surface area contributed by atoms with E-state index in [1.54, 1.807) is 0 Å². The van der Waals surface area contributed by atoms with E-state index in [2.05, 4.69) is 54.2 Å². The third-order valence-corrected chi connectivity index (χ3v) is 8.45. The van der Waals surface area contributed by atoms with E-state index < -0.39 is 0 Å². The summed E-state index contributed by atoms with van der Waals surface area (Å²) in [6.07, 6.45) is 10.7. The number of carbonyl (C=O) groups excluding carboxylic acids is 1. The Hall–Kier alpha value is -2.10. The van der Waals surface area contributed by atoms with Gasteiger partial charge in [-0.1, -0.05) is 68.7 Å². The molecule has 160 valence electrons. The molecule has 3 saturated carbocycles. The zero-order valence-corrected chi connectivity index (χ0v) is 18.3. The maximum atomic E-state index is 13.2. The molecule has 1 N–H and O–H groups in total. The van der Waals surface area contributed by atoms with Crippen LogP contribution in [0.25, 0.3) is 0 Å². The van der Waals surface area contributed by atoms with Crippen molar-refractivity contribution < 1.29 is 4.79 Å². The molecule has 1 aromatic rings. The number of hydrogen-bond acceptors (Lipinski definition) is 3. The first-order valence-corrected chi connectivity index (χ1v) is 11.9. The van der Waals surface area contributed by atoms with Crippen LogP contribution in [0.5, 0.6) is 0 Å². The van der Waals surface area contributed by atoms with E-state index in [9.17, 15) is 4.79 Å². The van der Waals surface area contributed by atoms with Crippen LogP contribution in [-0.2, 0) is 4.79 Å². The molecule has 2 bridgehead atoms. The number of benzene rings is 1. The van der Waals surface area contributed by atoms with Gasteiger partial charge in [-0.2, -0.15) is 5.10 Å². The van der Waals surface area contributed by atoms with Crippen LogP contribution in [0.3, 0.4) is 0 Å². The van der Waals surface area contributed by atoms with Crippen molar-refractivity contribution in [3.05, 3.63) is 48.0 Å². The number of hydrazone groups is 1. The topological polar surface area (TPSA) is 44.7 Å². The normalized spacial score (nSPS) is 33.8. The van der Waals surface area contributed by atoms with Crippen molar-refractivity contribution in [1.82, 2.24) is 10.3 Å². The number of nitrogens with zero attached hydrogens (tertiary/aromatic N) is 2. The van der Waals surface area contributed by atoms with Crippen molar-refractivity contribution in [2.24, 2.45) is 22.4 Å². The number of hydrogen-bond donors (Lipinski definition) is 1. The Morgan fingerprint density at radius 1 is 1.20 bits per heavy atom. The van der Waals surface area contributed by atoms with Gasteiger partial charge in [0.2, 0.25) is 0 Å². The van der Waals surface area contributed by atoms with Crippen molar-refractivity contribution in [3.63, 3.8) is 0 Å². The van der Waals surface area contributed by atoms with Gasteiger partial charge >= 0.3 is 0 Å². The van der Waals surface area contributed by atoms with Crippen molar-refractivity contribution in [2.75, 3.05) is 6.54 Å². The smallest absolute Gasteiger partial charge is 0.267 e. The summed E-state index contributed by atoms with van der Waals surface area (Å²) in [5.41, 5.74) is 3.39. The van der Waals surface area contributed by atoms with Gasteiger partial charge < -0.3 is 5.32 Å². The number of nitrogens with one attached hydrogen (secondary N) is 1. The predicted octanol–water partition coefficient (Wildman–Crippen LogP) is 5.23. The number of carbonyl (C=O) groups is 1. The predicted molar refractivity (Wildman–Crippen MR) is 121 cm³/mol. The van der Waals surface area contributed by atoms with Gasteiger partial charge in [0, 0.05) is 24.4 Å². The molecular formula is C26H35N3O. The molecule has 4 nitrogen and oxygen atoms in total. The van der Waals surface area contributed by atoms with Crippen molar-refractivity contribution in [3.8, 4) is 0 Å². The van der Waals surface area contributed by atoms with E-state index >= 15 is 0 Å². The molecule has 0 spiro atoms. The van der Waals surface area contributed by atoms with Gasteiger partial charge in [-0.3, -0.25) is 9.80 Å². The van der Waals surface area contributed by atoms with E-state index in [4.69, 9.17) is 5.10 Å². The van der Waals surface area contributed by atoms with Gasteiger partial charge in [0.25, 0.3) is 5.91 Å². The molecule has 4 heteroatoms. The van der Waals surface area contributed by atoms with Crippen molar-refractivity contribution in [1.29, 1.82) is 0 Å². The Labute approximate surface area is 180 Å². The Bertz CT molecular complexity index is 841. The first-order valence-electron chi connectivity index (χ1n) is 11.9. The summed E-state index contributed by atoms with van der Waals surface area (Å²) in [5, 5.41) is 10.5. The average Bonchev–Trinajstić information content (AvgIpc) is 3.38. The summed E-state index contributed by atoms with van der Waals surface area (Å²) in [4.78, 5) is 13.2. The van der Waals surface area contributed by atoms with Gasteiger partial charge in [0.15, 0.2) is 0 Å². The molecule has 0 saturated heterocycles. The quantitative estimate of drug-likeness (QED) is 0.682. The second-order valence-corrected chi connectivity index (χ2v) is 10.2. The lowest BCUT2D eigenvalue weighted by molar-refractivity contribution is -0.116. The van der Waals surface area contributed by atoms with Crippen LogP contribution in [0.1, 0.15) is 76.3 Å². The number of amides is 1. The van der Waals surface area contributed by atoms with Gasteiger partial charge in [0.05, 0.1) is 6.04 Å². The molecule has 1 amide bonds. The highest BCUT2D eigenvalue weighted by atomic mass is 16.2. The van der Waals surface area contributed by atoms with Crippen LogP contribution in [0.15, 0.2) is 47.6 Å². The minimum Gasteiger partial charge on any atom is -0.347 e. The average molecular weight is 406 g/mol. The third-order valence-electron chi connectivity index (χ3n) is 8.45. The summed E-state index contributed by atoms with van der Waals surface area (Å²) >= 11 is 0. The fourth-order valence-corrected chi connectivity index (χ4v) is 6.40. The van der Waals surface area contributed by atoms with E-state index in [-0.39, 0.29) is 23.4 Å². The van der Waals surface area contributed by atoms with Crippen LogP contribution >= 0.6 is 0 Å². The van der Waals surface area contributed by atoms with Crippen molar-refractivity contribution in [2.45, 2.75) is 76.8 Å². The molecule has 3 aliphatic carbocycles. The minimum absolute atomic E-state index is 0.0358. The zero-order valence-electron chi connectivity index (χ0n) is 18.3. The van der Waals surface area contributed by atoms with Crippen LogP contribution in [-0.4, -0.2) is 29.2 Å². The summed E-state index contributed by atoms with van der Waals surface area (Å²) in [7, 11) is 0. The molecule has 1 unspecified atom stereocenters. The number of fused-ring (bicyclic) bond motifs is 2. The summed E-state index contributed by atoms with van der Waals surface area (Å²) < 4.78 is 0. The van der Waals surface area contributed by atoms with Gasteiger partial charge in [-0.15, -0.1) is 0 Å². The summed E-state index contributed by atoms with van der Waals surface area (Å²) in [5.74, 6) is 1.32. The highest BCUT2D eigenvalue weighted by molar-refractivity contribution is 6.39. The van der Waals surface area contributed by atoms with Gasteiger partial charge in [0.1, 0.15) is 5.71 Å². The second-order valence-electron chi connectivity index (χ2n) is 10.2. The fourth-order valence-electron chi connectivity index (χ4n) is 6.40. The van der Waals surface area contributed by atoms with Gasteiger partial charge in [-0.05, 0) is 49.5 Å². The fraction of sp³-hybridized carbons (Fsp3) is 0.615. The molecule has 4 atom stereocenters. The van der Waals surface area contributed by atoms with E-state index in [0.717, 1.165) is 19.4 Å². The maximum Gasteiger partial charge on any atom is 0.267 e. The molecule has 5 rings (SSSR count). The van der Waals surface area contributed by atoms with Crippen LogP contribution < -0.4 is 5.32 Å². The van der Waals surface area contributed by atoms with E-state index in [1.165, 1.54) is 49.7 Å². The third kappa shape index (κ3) is 3.48. The molecule has 30 heavy (non-hydrogen) atoms. The summed E-state index contributed by atoms with van der Waals surface area (Å²) in [6, 6.07) is 11.0. The minimum atomic E-state index is 0.0358.